The number of carbonyl (C=O) groups excluding carboxylic acids is 5. The van der Waals surface area contributed by atoms with Gasteiger partial charge in [0, 0.05) is 7.11 Å². The summed E-state index contributed by atoms with van der Waals surface area (Å²) in [5.74, 6) is -3.50. The first-order valence-electron chi connectivity index (χ1n) is 9.74. The molecular formula is C19H34N4O8. The predicted octanol–water partition coefficient (Wildman–Crippen LogP) is -1.64. The standard InChI is InChI=1S/C19H34N4O8/c1-11(21-15(25)10-30-8-7-29-6)16(26)22-12(2)17(27)23-13(9-14(20)24)18(28)31-19(3,4)5/h11-13H,7-10H2,1-6H3,(H2,20,24)(H,21,25)(H,22,26)(H,23,27)/t11-,12-,13-/m0/s1. The number of nitrogens with one attached hydrogen (secondary N) is 3. The Kier molecular flexibility index (Phi) is 12.4. The van der Waals surface area contributed by atoms with Crippen molar-refractivity contribution >= 4 is 29.6 Å². The summed E-state index contributed by atoms with van der Waals surface area (Å²) in [4.78, 5) is 59.8. The van der Waals surface area contributed by atoms with Crippen LogP contribution in [-0.2, 0) is 38.2 Å². The van der Waals surface area contributed by atoms with Crippen molar-refractivity contribution in [1.29, 1.82) is 0 Å². The van der Waals surface area contributed by atoms with Gasteiger partial charge in [-0.25, -0.2) is 4.79 Å². The molecule has 0 saturated carbocycles. The van der Waals surface area contributed by atoms with Crippen molar-refractivity contribution in [2.45, 2.75) is 64.8 Å². The molecule has 0 radical (unpaired) electrons. The van der Waals surface area contributed by atoms with Crippen LogP contribution in [0.5, 0.6) is 0 Å². The highest BCUT2D eigenvalue weighted by atomic mass is 16.6. The lowest BCUT2D eigenvalue weighted by atomic mass is 10.1. The summed E-state index contributed by atoms with van der Waals surface area (Å²) in [5, 5.41) is 7.19. The first-order chi connectivity index (χ1) is 14.3. The summed E-state index contributed by atoms with van der Waals surface area (Å²) >= 11 is 0. The van der Waals surface area contributed by atoms with Crippen molar-refractivity contribution < 1.29 is 38.2 Å². The molecule has 12 nitrogen and oxygen atoms in total. The van der Waals surface area contributed by atoms with Gasteiger partial charge in [0.1, 0.15) is 30.3 Å². The van der Waals surface area contributed by atoms with Gasteiger partial charge in [-0.1, -0.05) is 0 Å². The molecule has 0 aliphatic rings. The van der Waals surface area contributed by atoms with Gasteiger partial charge >= 0.3 is 5.97 Å². The summed E-state index contributed by atoms with van der Waals surface area (Å²) < 4.78 is 15.0. The molecular weight excluding hydrogens is 412 g/mol. The van der Waals surface area contributed by atoms with Gasteiger partial charge in [-0.2, -0.15) is 0 Å². The molecule has 0 bridgehead atoms. The second-order valence-electron chi connectivity index (χ2n) is 7.83. The maximum Gasteiger partial charge on any atom is 0.329 e. The molecule has 0 aromatic heterocycles. The Morgan fingerprint density at radius 1 is 0.903 bits per heavy atom. The van der Waals surface area contributed by atoms with E-state index >= 15 is 0 Å². The minimum Gasteiger partial charge on any atom is -0.458 e. The molecule has 0 unspecified atom stereocenters. The molecule has 12 heteroatoms. The minimum atomic E-state index is -1.30. The third kappa shape index (κ3) is 13.2. The molecule has 0 spiro atoms. The SMILES string of the molecule is COCCOCC(=O)N[C@@H](C)C(=O)N[C@@H](C)C(=O)N[C@@H](CC(N)=O)C(=O)OC(C)(C)C. The van der Waals surface area contributed by atoms with E-state index in [0.717, 1.165) is 0 Å². The maximum absolute atomic E-state index is 12.4. The lowest BCUT2D eigenvalue weighted by Gasteiger charge is -2.25. The fraction of sp³-hybridized carbons (Fsp3) is 0.737. The maximum atomic E-state index is 12.4. The van der Waals surface area contributed by atoms with Crippen LogP contribution in [-0.4, -0.2) is 80.3 Å². The zero-order chi connectivity index (χ0) is 24.2. The lowest BCUT2D eigenvalue weighted by molar-refractivity contribution is -0.159. The zero-order valence-electron chi connectivity index (χ0n) is 18.9. The van der Waals surface area contributed by atoms with Crippen molar-refractivity contribution in [3.8, 4) is 0 Å². The number of ether oxygens (including phenoxy) is 3. The highest BCUT2D eigenvalue weighted by molar-refractivity contribution is 5.94. The lowest BCUT2D eigenvalue weighted by Crippen LogP contribution is -2.55. The van der Waals surface area contributed by atoms with E-state index in [-0.39, 0.29) is 13.2 Å². The molecule has 0 fully saturated rings. The Hall–Kier alpha value is -2.73. The number of carbonyl (C=O) groups is 5. The van der Waals surface area contributed by atoms with Crippen LogP contribution >= 0.6 is 0 Å². The van der Waals surface area contributed by atoms with Crippen molar-refractivity contribution in [2.24, 2.45) is 5.73 Å². The van der Waals surface area contributed by atoms with E-state index in [2.05, 4.69) is 16.0 Å². The van der Waals surface area contributed by atoms with Gasteiger partial charge in [-0.05, 0) is 34.6 Å². The van der Waals surface area contributed by atoms with Gasteiger partial charge in [-0.15, -0.1) is 0 Å². The number of hydrogen-bond acceptors (Lipinski definition) is 8. The van der Waals surface area contributed by atoms with E-state index in [1.54, 1.807) is 20.8 Å². The van der Waals surface area contributed by atoms with Crippen LogP contribution in [0.15, 0.2) is 0 Å². The van der Waals surface area contributed by atoms with Crippen molar-refractivity contribution in [1.82, 2.24) is 16.0 Å². The second-order valence-corrected chi connectivity index (χ2v) is 7.83. The topological polar surface area (TPSA) is 175 Å². The average molecular weight is 447 g/mol. The van der Waals surface area contributed by atoms with Crippen LogP contribution in [0.2, 0.25) is 0 Å². The Morgan fingerprint density at radius 3 is 1.97 bits per heavy atom. The van der Waals surface area contributed by atoms with Gasteiger partial charge in [0.05, 0.1) is 19.6 Å². The van der Waals surface area contributed by atoms with Crippen LogP contribution in [0.4, 0.5) is 0 Å². The molecule has 31 heavy (non-hydrogen) atoms. The Bertz CT molecular complexity index is 647. The molecule has 178 valence electrons. The Morgan fingerprint density at radius 2 is 1.45 bits per heavy atom. The molecule has 5 N–H and O–H groups in total. The second kappa shape index (κ2) is 13.5. The van der Waals surface area contributed by atoms with Gasteiger partial charge in [0.2, 0.25) is 23.6 Å². The number of rotatable bonds is 13. The molecule has 0 aromatic rings. The van der Waals surface area contributed by atoms with Crippen LogP contribution < -0.4 is 21.7 Å². The van der Waals surface area contributed by atoms with E-state index in [0.29, 0.717) is 6.61 Å². The molecule has 0 heterocycles. The van der Waals surface area contributed by atoms with Crippen molar-refractivity contribution in [2.75, 3.05) is 26.9 Å². The molecule has 0 saturated heterocycles. The number of esters is 1. The highest BCUT2D eigenvalue weighted by Crippen LogP contribution is 2.10. The quantitative estimate of drug-likeness (QED) is 0.192. The van der Waals surface area contributed by atoms with Crippen molar-refractivity contribution in [3.63, 3.8) is 0 Å². The summed E-state index contributed by atoms with van der Waals surface area (Å²) in [6.45, 7) is 8.03. The third-order valence-electron chi connectivity index (χ3n) is 3.60. The summed E-state index contributed by atoms with van der Waals surface area (Å²) in [7, 11) is 1.50. The smallest absolute Gasteiger partial charge is 0.329 e. The van der Waals surface area contributed by atoms with E-state index in [4.69, 9.17) is 19.9 Å². The first-order valence-corrected chi connectivity index (χ1v) is 9.74. The van der Waals surface area contributed by atoms with Crippen LogP contribution in [0.3, 0.4) is 0 Å². The largest absolute Gasteiger partial charge is 0.458 e. The van der Waals surface area contributed by atoms with Gasteiger partial charge in [0.15, 0.2) is 0 Å². The molecule has 0 aliphatic heterocycles. The fourth-order valence-corrected chi connectivity index (χ4v) is 2.12. The van der Waals surface area contributed by atoms with Crippen LogP contribution in [0.25, 0.3) is 0 Å². The molecule has 0 rings (SSSR count). The molecule has 0 aliphatic carbocycles. The summed E-state index contributed by atoms with van der Waals surface area (Å²) in [5.41, 5.74) is 4.31. The monoisotopic (exact) mass is 446 g/mol. The number of amides is 4. The number of methoxy groups -OCH3 is 1. The number of primary amides is 1. The summed E-state index contributed by atoms with van der Waals surface area (Å²) in [6, 6.07) is -3.31. The normalized spacial score (nSPS) is 14.0. The highest BCUT2D eigenvalue weighted by Gasteiger charge is 2.30. The van der Waals surface area contributed by atoms with Crippen LogP contribution in [0, 0.1) is 0 Å². The van der Waals surface area contributed by atoms with Gasteiger partial charge < -0.3 is 35.9 Å². The van der Waals surface area contributed by atoms with Gasteiger partial charge in [0.25, 0.3) is 0 Å². The fourth-order valence-electron chi connectivity index (χ4n) is 2.12. The van der Waals surface area contributed by atoms with Crippen LogP contribution in [0.1, 0.15) is 41.0 Å². The molecule has 0 aromatic carbocycles. The summed E-state index contributed by atoms with van der Waals surface area (Å²) in [6.07, 6.45) is -0.461. The van der Waals surface area contributed by atoms with E-state index in [1.165, 1.54) is 21.0 Å². The average Bonchev–Trinajstić information content (AvgIpc) is 2.62. The van der Waals surface area contributed by atoms with E-state index in [1.807, 2.05) is 0 Å². The third-order valence-corrected chi connectivity index (χ3v) is 3.60. The Balaban J connectivity index is 4.74. The zero-order valence-corrected chi connectivity index (χ0v) is 18.9. The first kappa shape index (κ1) is 28.3. The number of nitrogens with two attached hydrogens (primary N) is 1. The minimum absolute atomic E-state index is 0.228. The van der Waals surface area contributed by atoms with Gasteiger partial charge in [-0.3, -0.25) is 19.2 Å². The molecule has 4 amide bonds. The molecule has 3 atom stereocenters. The Labute approximate surface area is 181 Å². The predicted molar refractivity (Wildman–Crippen MR) is 109 cm³/mol. The van der Waals surface area contributed by atoms with E-state index < -0.39 is 59.7 Å². The van der Waals surface area contributed by atoms with Crippen molar-refractivity contribution in [3.05, 3.63) is 0 Å². The van der Waals surface area contributed by atoms with E-state index in [9.17, 15) is 24.0 Å². The number of hydrogen-bond donors (Lipinski definition) is 4.